The number of nitrogens with one attached hydrogen (secondary N) is 2. The number of rotatable bonds is 5. The van der Waals surface area contributed by atoms with Crippen molar-refractivity contribution < 1.29 is 9.32 Å². The first-order chi connectivity index (χ1) is 14.3. The summed E-state index contributed by atoms with van der Waals surface area (Å²) in [6.07, 6.45) is 0.333. The third-order valence-corrected chi connectivity index (χ3v) is 4.91. The highest BCUT2D eigenvalue weighted by Gasteiger charge is 2.15. The quantitative estimate of drug-likeness (QED) is 0.492. The number of aromatic amines is 1. The zero-order valence-electron chi connectivity index (χ0n) is 16.1. The molecule has 0 fully saturated rings. The SMILES string of the molecule is Cn1c(=O)c2[nH]c(CCNC(=O)c3cc(-c4ccc(Cl)cc4)on3)nc2n(C)c1=O. The molecule has 1 amide bonds. The molecule has 0 atom stereocenters. The number of carbonyl (C=O) groups excluding carboxylic acids is 1. The van der Waals surface area contributed by atoms with Crippen molar-refractivity contribution in [3.8, 4) is 11.3 Å². The second-order valence-corrected chi connectivity index (χ2v) is 7.11. The zero-order valence-corrected chi connectivity index (χ0v) is 16.9. The monoisotopic (exact) mass is 428 g/mol. The van der Waals surface area contributed by atoms with E-state index in [4.69, 9.17) is 16.1 Å². The number of imidazole rings is 1. The van der Waals surface area contributed by atoms with Crippen molar-refractivity contribution in [2.45, 2.75) is 6.42 Å². The number of aromatic nitrogens is 5. The standard InChI is InChI=1S/C19H17ClN6O4/c1-25-16-15(18(28)26(2)19(25)29)22-14(23-16)7-8-21-17(27)12-9-13(30-24-12)10-3-5-11(20)6-4-10/h3-6,9H,7-8H2,1-2H3,(H,21,27)(H,22,23). The highest BCUT2D eigenvalue weighted by Crippen LogP contribution is 2.22. The number of halogens is 1. The van der Waals surface area contributed by atoms with Crippen LogP contribution in [-0.2, 0) is 20.5 Å². The summed E-state index contributed by atoms with van der Waals surface area (Å²) >= 11 is 5.87. The first-order valence-corrected chi connectivity index (χ1v) is 9.38. The highest BCUT2D eigenvalue weighted by atomic mass is 35.5. The van der Waals surface area contributed by atoms with Gasteiger partial charge in [0.15, 0.2) is 17.1 Å². The van der Waals surface area contributed by atoms with Crippen LogP contribution < -0.4 is 16.6 Å². The van der Waals surface area contributed by atoms with Gasteiger partial charge in [0.2, 0.25) is 0 Å². The summed E-state index contributed by atoms with van der Waals surface area (Å²) in [4.78, 5) is 43.7. The van der Waals surface area contributed by atoms with Crippen molar-refractivity contribution in [3.05, 3.63) is 67.7 Å². The molecule has 154 valence electrons. The van der Waals surface area contributed by atoms with Crippen LogP contribution >= 0.6 is 11.6 Å². The van der Waals surface area contributed by atoms with Crippen LogP contribution in [0, 0.1) is 0 Å². The molecule has 3 aromatic heterocycles. The molecule has 11 heteroatoms. The fourth-order valence-electron chi connectivity index (χ4n) is 3.01. The van der Waals surface area contributed by atoms with Gasteiger partial charge in [0.05, 0.1) is 0 Å². The second kappa shape index (κ2) is 7.64. The lowest BCUT2D eigenvalue weighted by atomic mass is 10.1. The number of hydrogen-bond donors (Lipinski definition) is 2. The maximum atomic E-state index is 12.3. The summed E-state index contributed by atoms with van der Waals surface area (Å²) in [6.45, 7) is 0.246. The third kappa shape index (κ3) is 3.52. The van der Waals surface area contributed by atoms with E-state index in [1.165, 1.54) is 11.6 Å². The Bertz CT molecular complexity index is 1360. The number of hydrogen-bond acceptors (Lipinski definition) is 6. The first-order valence-electron chi connectivity index (χ1n) is 9.00. The van der Waals surface area contributed by atoms with Crippen molar-refractivity contribution in [2.24, 2.45) is 14.1 Å². The second-order valence-electron chi connectivity index (χ2n) is 6.68. The summed E-state index contributed by atoms with van der Waals surface area (Å²) < 4.78 is 7.53. The van der Waals surface area contributed by atoms with Crippen LogP contribution in [-0.4, -0.2) is 36.7 Å². The molecule has 0 radical (unpaired) electrons. The Hall–Kier alpha value is -3.66. The van der Waals surface area contributed by atoms with Gasteiger partial charge < -0.3 is 14.8 Å². The molecule has 0 aliphatic heterocycles. The topological polar surface area (TPSA) is 128 Å². The maximum absolute atomic E-state index is 12.3. The van der Waals surface area contributed by atoms with Crippen LogP contribution in [0.3, 0.4) is 0 Å². The molecule has 1 aromatic carbocycles. The zero-order chi connectivity index (χ0) is 21.4. The molecular weight excluding hydrogens is 412 g/mol. The Kier molecular flexibility index (Phi) is 5.00. The molecule has 30 heavy (non-hydrogen) atoms. The highest BCUT2D eigenvalue weighted by molar-refractivity contribution is 6.30. The molecule has 2 N–H and O–H groups in total. The van der Waals surface area contributed by atoms with Gasteiger partial charge in [0.25, 0.3) is 11.5 Å². The van der Waals surface area contributed by atoms with E-state index in [1.807, 2.05) is 0 Å². The summed E-state index contributed by atoms with van der Waals surface area (Å²) in [7, 11) is 2.94. The van der Waals surface area contributed by atoms with E-state index >= 15 is 0 Å². The van der Waals surface area contributed by atoms with Gasteiger partial charge in [-0.15, -0.1) is 0 Å². The fraction of sp³-hybridized carbons (Fsp3) is 0.211. The van der Waals surface area contributed by atoms with Crippen LogP contribution in [0.15, 0.2) is 44.4 Å². The summed E-state index contributed by atoms with van der Waals surface area (Å²) in [5.41, 5.74) is 0.495. The normalized spacial score (nSPS) is 11.2. The molecule has 0 bridgehead atoms. The fourth-order valence-corrected chi connectivity index (χ4v) is 3.14. The van der Waals surface area contributed by atoms with Crippen molar-refractivity contribution in [2.75, 3.05) is 6.54 Å². The van der Waals surface area contributed by atoms with Crippen molar-refractivity contribution in [1.29, 1.82) is 0 Å². The lowest BCUT2D eigenvalue weighted by Gasteiger charge is -2.00. The van der Waals surface area contributed by atoms with E-state index in [2.05, 4.69) is 20.4 Å². The molecule has 4 rings (SSSR count). The summed E-state index contributed by atoms with van der Waals surface area (Å²) in [5, 5.41) is 7.11. The number of amides is 1. The Morgan fingerprint density at radius 2 is 1.93 bits per heavy atom. The third-order valence-electron chi connectivity index (χ3n) is 4.66. The van der Waals surface area contributed by atoms with E-state index in [-0.39, 0.29) is 23.4 Å². The van der Waals surface area contributed by atoms with Crippen LogP contribution in [0.2, 0.25) is 5.02 Å². The van der Waals surface area contributed by atoms with E-state index < -0.39 is 17.2 Å². The lowest BCUT2D eigenvalue weighted by Crippen LogP contribution is -2.36. The largest absolute Gasteiger partial charge is 0.355 e. The Labute approximate surface area is 174 Å². The molecule has 0 aliphatic rings. The average molecular weight is 429 g/mol. The molecule has 3 heterocycles. The minimum Gasteiger partial charge on any atom is -0.355 e. The maximum Gasteiger partial charge on any atom is 0.332 e. The predicted octanol–water partition coefficient (Wildman–Crippen LogP) is 1.24. The van der Waals surface area contributed by atoms with Gasteiger partial charge in [-0.2, -0.15) is 0 Å². The van der Waals surface area contributed by atoms with E-state index in [0.29, 0.717) is 23.0 Å². The van der Waals surface area contributed by atoms with Crippen LogP contribution in [0.5, 0.6) is 0 Å². The molecular formula is C19H17ClN6O4. The van der Waals surface area contributed by atoms with Gasteiger partial charge in [-0.05, 0) is 24.3 Å². The number of aryl methyl sites for hydroxylation is 1. The van der Waals surface area contributed by atoms with Crippen LogP contribution in [0.1, 0.15) is 16.3 Å². The predicted molar refractivity (Wildman–Crippen MR) is 110 cm³/mol. The smallest absolute Gasteiger partial charge is 0.332 e. The molecule has 0 aliphatic carbocycles. The number of carbonyl (C=O) groups is 1. The number of nitrogens with zero attached hydrogens (tertiary/aromatic N) is 4. The molecule has 0 spiro atoms. The van der Waals surface area contributed by atoms with Crippen LogP contribution in [0.4, 0.5) is 0 Å². The number of benzene rings is 1. The Balaban J connectivity index is 1.43. The molecule has 0 saturated heterocycles. The Morgan fingerprint density at radius 3 is 2.67 bits per heavy atom. The average Bonchev–Trinajstić information content (AvgIpc) is 3.39. The molecule has 0 saturated carbocycles. The minimum absolute atomic E-state index is 0.140. The van der Waals surface area contributed by atoms with Gasteiger partial charge in [0, 0.05) is 43.7 Å². The van der Waals surface area contributed by atoms with E-state index in [0.717, 1.165) is 10.1 Å². The van der Waals surface area contributed by atoms with Gasteiger partial charge in [0.1, 0.15) is 11.3 Å². The van der Waals surface area contributed by atoms with Gasteiger partial charge in [-0.1, -0.05) is 16.8 Å². The minimum atomic E-state index is -0.457. The molecule has 10 nitrogen and oxygen atoms in total. The summed E-state index contributed by atoms with van der Waals surface area (Å²) in [5.74, 6) is 0.523. The van der Waals surface area contributed by atoms with Gasteiger partial charge in [-0.25, -0.2) is 9.78 Å². The van der Waals surface area contributed by atoms with Crippen LogP contribution in [0.25, 0.3) is 22.5 Å². The summed E-state index contributed by atoms with van der Waals surface area (Å²) in [6, 6.07) is 8.51. The first kappa shape index (κ1) is 19.6. The van der Waals surface area contributed by atoms with E-state index in [9.17, 15) is 14.4 Å². The molecule has 4 aromatic rings. The molecule has 0 unspecified atom stereocenters. The van der Waals surface area contributed by atoms with Crippen molar-refractivity contribution in [1.82, 2.24) is 29.6 Å². The van der Waals surface area contributed by atoms with Gasteiger partial charge >= 0.3 is 5.69 Å². The lowest BCUT2D eigenvalue weighted by molar-refractivity contribution is 0.0945. The Morgan fingerprint density at radius 1 is 1.20 bits per heavy atom. The van der Waals surface area contributed by atoms with Gasteiger partial charge in [-0.3, -0.25) is 18.7 Å². The number of fused-ring (bicyclic) bond motifs is 1. The number of H-pyrrole nitrogens is 1. The van der Waals surface area contributed by atoms with E-state index in [1.54, 1.807) is 37.4 Å². The van der Waals surface area contributed by atoms with Crippen molar-refractivity contribution in [3.63, 3.8) is 0 Å². The van der Waals surface area contributed by atoms with Crippen molar-refractivity contribution >= 4 is 28.7 Å².